The molecular formula is C25H19FN4O4S. The Morgan fingerprint density at radius 3 is 2.86 bits per heavy atom. The monoisotopic (exact) mass is 490 g/mol. The fourth-order valence-corrected chi connectivity index (χ4v) is 7.28. The smallest absolute Gasteiger partial charge is 0.269 e. The fourth-order valence-electron chi connectivity index (χ4n) is 5.95. The number of nitro benzene ring substituents is 1. The van der Waals surface area contributed by atoms with Gasteiger partial charge in [-0.15, -0.1) is 11.8 Å². The number of ketones is 1. The van der Waals surface area contributed by atoms with E-state index < -0.39 is 28.1 Å². The summed E-state index contributed by atoms with van der Waals surface area (Å²) >= 11 is 1.62. The van der Waals surface area contributed by atoms with Crippen LogP contribution in [0, 0.1) is 21.8 Å². The molecule has 10 heteroatoms. The Kier molecular flexibility index (Phi) is 4.97. The minimum atomic E-state index is -1.45. The average Bonchev–Trinajstić information content (AvgIpc) is 3.52. The van der Waals surface area contributed by atoms with E-state index in [4.69, 9.17) is 0 Å². The molecule has 1 aromatic heterocycles. The van der Waals surface area contributed by atoms with Crippen LogP contribution in [0.3, 0.4) is 0 Å². The predicted molar refractivity (Wildman–Crippen MR) is 128 cm³/mol. The molecule has 35 heavy (non-hydrogen) atoms. The number of benzene rings is 2. The van der Waals surface area contributed by atoms with Gasteiger partial charge < -0.3 is 5.32 Å². The van der Waals surface area contributed by atoms with Gasteiger partial charge in [-0.1, -0.05) is 12.1 Å². The lowest BCUT2D eigenvalue weighted by atomic mass is 9.69. The highest BCUT2D eigenvalue weighted by Crippen LogP contribution is 2.61. The maximum Gasteiger partial charge on any atom is 0.269 e. The molecule has 0 saturated carbocycles. The number of nitro groups is 1. The van der Waals surface area contributed by atoms with Crippen molar-refractivity contribution in [1.82, 2.24) is 9.88 Å². The van der Waals surface area contributed by atoms with Crippen LogP contribution in [0.1, 0.15) is 27.4 Å². The second-order valence-electron chi connectivity index (χ2n) is 8.91. The first-order chi connectivity index (χ1) is 16.9. The minimum absolute atomic E-state index is 0.0875. The third kappa shape index (κ3) is 3.06. The topological polar surface area (TPSA) is 105 Å². The summed E-state index contributed by atoms with van der Waals surface area (Å²) in [6.45, 7) is 0. The number of amides is 1. The number of nitrogens with one attached hydrogen (secondary N) is 1. The Morgan fingerprint density at radius 2 is 2.09 bits per heavy atom. The van der Waals surface area contributed by atoms with Crippen molar-refractivity contribution in [2.75, 3.05) is 16.9 Å². The molecule has 4 atom stereocenters. The Bertz CT molecular complexity index is 1390. The number of fused-ring (bicyclic) bond motifs is 4. The molecule has 0 radical (unpaired) electrons. The third-order valence-electron chi connectivity index (χ3n) is 7.28. The van der Waals surface area contributed by atoms with Gasteiger partial charge in [0.15, 0.2) is 5.78 Å². The highest BCUT2D eigenvalue weighted by molar-refractivity contribution is 7.99. The van der Waals surface area contributed by atoms with Gasteiger partial charge in [0.2, 0.25) is 5.91 Å². The van der Waals surface area contributed by atoms with Crippen LogP contribution in [0.4, 0.5) is 15.8 Å². The number of Topliss-reactive ketones (excluding diaryl/α,β-unsaturated/α-hetero) is 1. The largest absolute Gasteiger partial charge is 0.324 e. The van der Waals surface area contributed by atoms with E-state index in [1.165, 1.54) is 36.5 Å². The predicted octanol–water partition coefficient (Wildman–Crippen LogP) is 3.95. The summed E-state index contributed by atoms with van der Waals surface area (Å²) in [5.74, 6) is -1.57. The molecule has 3 aliphatic heterocycles. The normalized spacial score (nSPS) is 27.0. The molecule has 1 N–H and O–H groups in total. The van der Waals surface area contributed by atoms with Crippen molar-refractivity contribution in [1.29, 1.82) is 0 Å². The highest BCUT2D eigenvalue weighted by atomic mass is 32.2. The van der Waals surface area contributed by atoms with Gasteiger partial charge in [-0.25, -0.2) is 4.39 Å². The van der Waals surface area contributed by atoms with Crippen molar-refractivity contribution in [2.45, 2.75) is 17.5 Å². The maximum absolute atomic E-state index is 14.5. The van der Waals surface area contributed by atoms with E-state index in [2.05, 4.69) is 10.3 Å². The molecule has 3 aromatic rings. The van der Waals surface area contributed by atoms with Crippen molar-refractivity contribution in [3.8, 4) is 0 Å². The summed E-state index contributed by atoms with van der Waals surface area (Å²) in [6, 6.07) is 13.4. The maximum atomic E-state index is 14.5. The first kappa shape index (κ1) is 21.9. The molecule has 6 rings (SSSR count). The number of non-ortho nitro benzene ring substituents is 1. The number of thioether (sulfide) groups is 1. The van der Waals surface area contributed by atoms with Gasteiger partial charge in [0, 0.05) is 64.9 Å². The van der Waals surface area contributed by atoms with E-state index >= 15 is 0 Å². The van der Waals surface area contributed by atoms with Crippen molar-refractivity contribution in [2.24, 2.45) is 5.92 Å². The van der Waals surface area contributed by atoms with Crippen molar-refractivity contribution < 1.29 is 18.9 Å². The fraction of sp³-hybridized carbons (Fsp3) is 0.240. The number of halogens is 1. The van der Waals surface area contributed by atoms with Crippen LogP contribution in [-0.2, 0) is 10.3 Å². The molecule has 3 aliphatic rings. The molecule has 2 saturated heterocycles. The Hall–Kier alpha value is -3.63. The average molecular weight is 491 g/mol. The van der Waals surface area contributed by atoms with Crippen LogP contribution in [0.25, 0.3) is 0 Å². The Balaban J connectivity index is 1.63. The van der Waals surface area contributed by atoms with Crippen LogP contribution >= 0.6 is 11.8 Å². The summed E-state index contributed by atoms with van der Waals surface area (Å²) < 4.78 is 14.5. The number of pyridine rings is 1. The summed E-state index contributed by atoms with van der Waals surface area (Å²) in [5, 5.41) is 14.4. The Morgan fingerprint density at radius 1 is 1.23 bits per heavy atom. The van der Waals surface area contributed by atoms with Crippen LogP contribution in [-0.4, -0.2) is 44.2 Å². The lowest BCUT2D eigenvalue weighted by molar-refractivity contribution is -0.384. The molecular weight excluding hydrogens is 471 g/mol. The van der Waals surface area contributed by atoms with Crippen LogP contribution in [0.5, 0.6) is 0 Å². The van der Waals surface area contributed by atoms with Gasteiger partial charge in [-0.2, -0.15) is 0 Å². The number of carbonyl (C=O) groups excluding carboxylic acids is 2. The van der Waals surface area contributed by atoms with Crippen LogP contribution in [0.2, 0.25) is 0 Å². The first-order valence-electron chi connectivity index (χ1n) is 11.1. The number of hydrogen-bond donors (Lipinski definition) is 1. The van der Waals surface area contributed by atoms with Gasteiger partial charge >= 0.3 is 0 Å². The van der Waals surface area contributed by atoms with E-state index in [9.17, 15) is 24.1 Å². The van der Waals surface area contributed by atoms with Gasteiger partial charge in [0.05, 0.1) is 10.8 Å². The molecule has 1 spiro atoms. The van der Waals surface area contributed by atoms with E-state index in [1.54, 1.807) is 42.2 Å². The standard InChI is InChI=1S/C25H19FN4O4S/c26-16-6-7-19-18(10-16)25(24(32)28-19)22(23(31)15-4-2-8-27-11-15)21(20-12-35-13-29(20)25)14-3-1-5-17(9-14)30(33)34/h1-11,20-22H,12-13H2,(H,28,32)/t20-,21+,22+,25-/m1/s1. The zero-order chi connectivity index (χ0) is 24.3. The number of rotatable bonds is 4. The number of nitrogens with zero attached hydrogens (tertiary/aromatic N) is 3. The molecule has 176 valence electrons. The summed E-state index contributed by atoms with van der Waals surface area (Å²) in [4.78, 5) is 45.2. The zero-order valence-electron chi connectivity index (χ0n) is 18.3. The summed E-state index contributed by atoms with van der Waals surface area (Å²) in [7, 11) is 0. The third-order valence-corrected chi connectivity index (χ3v) is 8.32. The molecule has 0 bridgehead atoms. The lowest BCUT2D eigenvalue weighted by Crippen LogP contribution is -2.52. The van der Waals surface area contributed by atoms with Crippen molar-refractivity contribution >= 4 is 34.8 Å². The summed E-state index contributed by atoms with van der Waals surface area (Å²) in [6.07, 6.45) is 3.01. The van der Waals surface area contributed by atoms with Gasteiger partial charge in [-0.3, -0.25) is 29.6 Å². The number of hydrogen-bond acceptors (Lipinski definition) is 7. The lowest BCUT2D eigenvalue weighted by Gasteiger charge is -2.36. The van der Waals surface area contributed by atoms with E-state index in [0.29, 0.717) is 34.0 Å². The summed E-state index contributed by atoms with van der Waals surface area (Å²) in [5.41, 5.74) is 0.289. The van der Waals surface area contributed by atoms with E-state index in [0.717, 1.165) is 0 Å². The molecule has 0 aliphatic carbocycles. The SMILES string of the molecule is O=C(c1cccnc1)[C@@H]1[C@@H](c2cccc([N+](=O)[O-])c2)[C@H]2CSCN2[C@@]12C(=O)Nc1ccc(F)cc12. The van der Waals surface area contributed by atoms with Crippen molar-refractivity contribution in [3.63, 3.8) is 0 Å². The Labute approximate surface area is 203 Å². The first-order valence-corrected chi connectivity index (χ1v) is 12.2. The second-order valence-corrected chi connectivity index (χ2v) is 9.91. The molecule has 8 nitrogen and oxygen atoms in total. The zero-order valence-corrected chi connectivity index (χ0v) is 19.1. The number of anilines is 1. The van der Waals surface area contributed by atoms with Crippen molar-refractivity contribution in [3.05, 3.63) is 99.6 Å². The number of aromatic nitrogens is 1. The minimum Gasteiger partial charge on any atom is -0.324 e. The molecule has 1 amide bonds. The molecule has 2 fully saturated rings. The van der Waals surface area contributed by atoms with E-state index in [-0.39, 0.29) is 23.4 Å². The number of carbonyl (C=O) groups is 2. The van der Waals surface area contributed by atoms with E-state index in [1.807, 2.05) is 4.90 Å². The highest BCUT2D eigenvalue weighted by Gasteiger charge is 2.69. The van der Waals surface area contributed by atoms with Crippen LogP contribution in [0.15, 0.2) is 67.0 Å². The molecule has 0 unspecified atom stereocenters. The van der Waals surface area contributed by atoms with Gasteiger partial charge in [0.1, 0.15) is 11.4 Å². The van der Waals surface area contributed by atoms with Crippen LogP contribution < -0.4 is 5.32 Å². The molecule has 2 aromatic carbocycles. The van der Waals surface area contributed by atoms with Gasteiger partial charge in [0.25, 0.3) is 5.69 Å². The molecule has 4 heterocycles. The van der Waals surface area contributed by atoms with Gasteiger partial charge in [-0.05, 0) is 35.9 Å². The second kappa shape index (κ2) is 7.96. The quantitative estimate of drug-likeness (QED) is 0.335.